The van der Waals surface area contributed by atoms with Crippen LogP contribution >= 0.6 is 11.6 Å². The molecule has 0 bridgehead atoms. The summed E-state index contributed by atoms with van der Waals surface area (Å²) in [6.45, 7) is 8.23. The highest BCUT2D eigenvalue weighted by Crippen LogP contribution is 2.42. The number of anilines is 2. The normalized spacial score (nSPS) is 26.8. The summed E-state index contributed by atoms with van der Waals surface area (Å²) in [5, 5.41) is 17.2. The molecular weight excluding hydrogens is 438 g/mol. The molecule has 2 fully saturated rings. The molecule has 3 N–H and O–H groups in total. The van der Waals surface area contributed by atoms with E-state index in [9.17, 15) is 5.11 Å². The maximum atomic E-state index is 9.81. The van der Waals surface area contributed by atoms with Crippen molar-refractivity contribution >= 4 is 29.1 Å². The molecule has 2 saturated carbocycles. The number of furan rings is 1. The van der Waals surface area contributed by atoms with E-state index in [1.54, 1.807) is 0 Å². The zero-order valence-electron chi connectivity index (χ0n) is 19.7. The van der Waals surface area contributed by atoms with Gasteiger partial charge >= 0.3 is 0 Å². The Morgan fingerprint density at radius 2 is 2.03 bits per heavy atom. The average molecular weight is 472 g/mol. The summed E-state index contributed by atoms with van der Waals surface area (Å²) in [5.41, 5.74) is 3.06. The third-order valence-electron chi connectivity index (χ3n) is 7.82. The summed E-state index contributed by atoms with van der Waals surface area (Å²) in [5.74, 6) is 4.63. The van der Waals surface area contributed by atoms with Crippen molar-refractivity contribution in [2.24, 2.45) is 28.7 Å². The number of aliphatic hydroxyl groups is 1. The molecule has 1 aliphatic heterocycles. The highest BCUT2D eigenvalue weighted by molar-refractivity contribution is 6.32. The second-order valence-electron chi connectivity index (χ2n) is 10.0. The Morgan fingerprint density at radius 1 is 1.21 bits per heavy atom. The van der Waals surface area contributed by atoms with Gasteiger partial charge in [-0.2, -0.15) is 4.98 Å². The average Bonchev–Trinajstić information content (AvgIpc) is 3.49. The molecule has 0 aromatic carbocycles. The van der Waals surface area contributed by atoms with Crippen molar-refractivity contribution in [3.05, 3.63) is 22.5 Å². The Morgan fingerprint density at radius 3 is 2.73 bits per heavy atom. The molecule has 0 spiro atoms. The highest BCUT2D eigenvalue weighted by Gasteiger charge is 2.38. The minimum atomic E-state index is 0.192. The molecule has 4 unspecified atom stereocenters. The lowest BCUT2D eigenvalue weighted by molar-refractivity contribution is 0.191. The van der Waals surface area contributed by atoms with Gasteiger partial charge in [0.25, 0.3) is 0 Å². The zero-order valence-corrected chi connectivity index (χ0v) is 20.5. The number of fused-ring (bicyclic) bond motifs is 1. The molecule has 0 radical (unpaired) electrons. The number of nitrogens with zero attached hydrogens (tertiary/aromatic N) is 3. The van der Waals surface area contributed by atoms with E-state index in [1.165, 1.54) is 18.6 Å². The summed E-state index contributed by atoms with van der Waals surface area (Å²) in [6.07, 6.45) is 5.16. The molecule has 4 atom stereocenters. The van der Waals surface area contributed by atoms with Crippen molar-refractivity contribution in [2.75, 3.05) is 23.8 Å². The molecule has 2 aliphatic carbocycles. The molecule has 5 rings (SSSR count). The second-order valence-corrected chi connectivity index (χ2v) is 10.4. The van der Waals surface area contributed by atoms with Crippen molar-refractivity contribution < 1.29 is 9.52 Å². The number of nitrogens with one attached hydrogen (secondary N) is 2. The first kappa shape index (κ1) is 22.7. The number of aromatic nitrogens is 2. The molecule has 0 amide bonds. The first-order valence-electron chi connectivity index (χ1n) is 12.3. The van der Waals surface area contributed by atoms with Gasteiger partial charge in [-0.1, -0.05) is 32.4 Å². The third-order valence-corrected chi connectivity index (χ3v) is 8.10. The predicted octanol–water partition coefficient (Wildman–Crippen LogP) is 5.18. The number of aliphatic imine (C=N–C) groups is 1. The third kappa shape index (κ3) is 4.62. The first-order chi connectivity index (χ1) is 16.0. The van der Waals surface area contributed by atoms with Crippen LogP contribution in [0.15, 0.2) is 15.5 Å². The molecule has 0 saturated heterocycles. The number of aliphatic hydroxyl groups excluding tert-OH is 1. The van der Waals surface area contributed by atoms with Gasteiger partial charge in [0.1, 0.15) is 22.5 Å². The van der Waals surface area contributed by atoms with Crippen LogP contribution in [0.25, 0.3) is 11.3 Å². The van der Waals surface area contributed by atoms with Gasteiger partial charge in [0.2, 0.25) is 5.95 Å². The van der Waals surface area contributed by atoms with E-state index in [2.05, 4.69) is 47.4 Å². The Hall–Kier alpha value is -2.12. The maximum Gasteiger partial charge on any atom is 0.226 e. The number of hydrogen-bond acceptors (Lipinski definition) is 7. The summed E-state index contributed by atoms with van der Waals surface area (Å²) in [6, 6.07) is 2.27. The number of hydrogen-bond donors (Lipinski definition) is 3. The van der Waals surface area contributed by atoms with Crippen LogP contribution < -0.4 is 10.6 Å². The van der Waals surface area contributed by atoms with Crippen molar-refractivity contribution in [3.8, 4) is 11.3 Å². The molecule has 178 valence electrons. The van der Waals surface area contributed by atoms with Gasteiger partial charge < -0.3 is 20.2 Å². The Labute approximate surface area is 200 Å². The number of halogens is 1. The van der Waals surface area contributed by atoms with Crippen LogP contribution in [0.1, 0.15) is 57.8 Å². The Balaban J connectivity index is 1.48. The molecule has 33 heavy (non-hydrogen) atoms. The van der Waals surface area contributed by atoms with Gasteiger partial charge in [0.05, 0.1) is 12.1 Å². The SMILES string of the molecule is CCC1=NCc2oc(-c3c(Cl)nc(NCC4CC4)nc3NC3CC(CO)C(C)C3C)cc2C1. The van der Waals surface area contributed by atoms with E-state index in [0.717, 1.165) is 37.1 Å². The van der Waals surface area contributed by atoms with E-state index in [-0.39, 0.29) is 18.6 Å². The monoisotopic (exact) mass is 471 g/mol. The van der Waals surface area contributed by atoms with Crippen LogP contribution in [0.4, 0.5) is 11.8 Å². The minimum absolute atomic E-state index is 0.192. The lowest BCUT2D eigenvalue weighted by Crippen LogP contribution is -2.25. The van der Waals surface area contributed by atoms with Crippen LogP contribution in [-0.4, -0.2) is 40.0 Å². The fourth-order valence-electron chi connectivity index (χ4n) is 5.12. The van der Waals surface area contributed by atoms with Crippen LogP contribution in [0.5, 0.6) is 0 Å². The van der Waals surface area contributed by atoms with E-state index in [0.29, 0.717) is 52.5 Å². The standard InChI is InChI=1S/C25H34ClN5O2/c1-4-18-7-16-9-20(33-21(16)11-27-18)22-23(26)30-25(28-10-15-5-6-15)31-24(22)29-19-8-17(12-32)13(2)14(19)3/h9,13-15,17,19,32H,4-8,10-12H2,1-3H3,(H2,28,29,30,31). The maximum absolute atomic E-state index is 9.81. The van der Waals surface area contributed by atoms with Crippen molar-refractivity contribution in [1.82, 2.24) is 9.97 Å². The molecule has 3 aliphatic rings. The lowest BCUT2D eigenvalue weighted by atomic mass is 9.92. The lowest BCUT2D eigenvalue weighted by Gasteiger charge is -2.22. The van der Waals surface area contributed by atoms with Gasteiger partial charge in [0, 0.05) is 36.9 Å². The van der Waals surface area contributed by atoms with Gasteiger partial charge in [-0.3, -0.25) is 4.99 Å². The van der Waals surface area contributed by atoms with Crippen LogP contribution in [0.2, 0.25) is 5.15 Å². The van der Waals surface area contributed by atoms with E-state index in [1.807, 2.05) is 0 Å². The van der Waals surface area contributed by atoms with Crippen LogP contribution in [-0.2, 0) is 13.0 Å². The topological polar surface area (TPSA) is 95.6 Å². The zero-order chi connectivity index (χ0) is 23.1. The summed E-state index contributed by atoms with van der Waals surface area (Å²) in [4.78, 5) is 14.0. The van der Waals surface area contributed by atoms with Crippen molar-refractivity contribution in [2.45, 2.75) is 65.5 Å². The van der Waals surface area contributed by atoms with Crippen LogP contribution in [0, 0.1) is 23.7 Å². The summed E-state index contributed by atoms with van der Waals surface area (Å²) >= 11 is 6.77. The summed E-state index contributed by atoms with van der Waals surface area (Å²) in [7, 11) is 0. The largest absolute Gasteiger partial charge is 0.459 e. The molecule has 2 aromatic rings. The number of rotatable bonds is 8. The van der Waals surface area contributed by atoms with Crippen LogP contribution in [0.3, 0.4) is 0 Å². The second kappa shape index (κ2) is 9.26. The smallest absolute Gasteiger partial charge is 0.226 e. The van der Waals surface area contributed by atoms with Crippen molar-refractivity contribution in [1.29, 1.82) is 0 Å². The fourth-order valence-corrected chi connectivity index (χ4v) is 5.38. The molecule has 3 heterocycles. The van der Waals surface area contributed by atoms with Gasteiger partial charge in [0.15, 0.2) is 0 Å². The van der Waals surface area contributed by atoms with Crippen molar-refractivity contribution in [3.63, 3.8) is 0 Å². The highest BCUT2D eigenvalue weighted by atomic mass is 35.5. The van der Waals surface area contributed by atoms with Gasteiger partial charge in [-0.25, -0.2) is 4.98 Å². The van der Waals surface area contributed by atoms with Gasteiger partial charge in [-0.05, 0) is 55.4 Å². The van der Waals surface area contributed by atoms with E-state index >= 15 is 0 Å². The molecule has 2 aromatic heterocycles. The Kier molecular flexibility index (Phi) is 6.36. The molecule has 8 heteroatoms. The quantitative estimate of drug-likeness (QED) is 0.459. The Bertz CT molecular complexity index is 1050. The van der Waals surface area contributed by atoms with E-state index < -0.39 is 0 Å². The van der Waals surface area contributed by atoms with E-state index in [4.69, 9.17) is 21.0 Å². The van der Waals surface area contributed by atoms with Gasteiger partial charge in [-0.15, -0.1) is 0 Å². The molecule has 7 nitrogen and oxygen atoms in total. The summed E-state index contributed by atoms with van der Waals surface area (Å²) < 4.78 is 6.24. The molecular formula is C25H34ClN5O2. The fraction of sp³-hybridized carbons (Fsp3) is 0.640. The first-order valence-corrected chi connectivity index (χ1v) is 12.7. The minimum Gasteiger partial charge on any atom is -0.459 e. The predicted molar refractivity (Wildman–Crippen MR) is 132 cm³/mol.